The highest BCUT2D eigenvalue weighted by Gasteiger charge is 2.24. The van der Waals surface area contributed by atoms with Gasteiger partial charge < -0.3 is 19.5 Å². The first-order chi connectivity index (χ1) is 14.1. The molecule has 164 valence electrons. The summed E-state index contributed by atoms with van der Waals surface area (Å²) >= 11 is 0. The molecule has 0 radical (unpaired) electrons. The van der Waals surface area contributed by atoms with Gasteiger partial charge in [0.2, 0.25) is 21.7 Å². The van der Waals surface area contributed by atoms with Crippen LogP contribution in [0.15, 0.2) is 30.3 Å². The average Bonchev–Trinajstić information content (AvgIpc) is 2.69. The Kier molecular flexibility index (Phi) is 7.43. The fourth-order valence-corrected chi connectivity index (χ4v) is 3.55. The van der Waals surface area contributed by atoms with Gasteiger partial charge in [-0.15, -0.1) is 0 Å². The molecule has 2 aromatic carbocycles. The number of amides is 1. The van der Waals surface area contributed by atoms with Gasteiger partial charge in [0, 0.05) is 12.6 Å². The van der Waals surface area contributed by atoms with Crippen molar-refractivity contribution in [2.75, 3.05) is 38.4 Å². The molecule has 8 nitrogen and oxygen atoms in total. The number of sulfonamides is 1. The highest BCUT2D eigenvalue weighted by molar-refractivity contribution is 7.92. The second-order valence-corrected chi connectivity index (χ2v) is 8.08. The van der Waals surface area contributed by atoms with Gasteiger partial charge in [-0.25, -0.2) is 17.2 Å². The molecule has 0 aliphatic heterocycles. The van der Waals surface area contributed by atoms with Crippen LogP contribution < -0.4 is 23.8 Å². The van der Waals surface area contributed by atoms with Gasteiger partial charge in [0.25, 0.3) is 0 Å². The lowest BCUT2D eigenvalue weighted by atomic mass is 10.1. The molecule has 2 rings (SSSR count). The van der Waals surface area contributed by atoms with Crippen molar-refractivity contribution in [3.05, 3.63) is 47.5 Å². The lowest BCUT2D eigenvalue weighted by molar-refractivity contribution is -0.119. The molecule has 1 amide bonds. The van der Waals surface area contributed by atoms with Gasteiger partial charge >= 0.3 is 0 Å². The zero-order valence-electron chi connectivity index (χ0n) is 16.9. The van der Waals surface area contributed by atoms with Gasteiger partial charge in [-0.2, -0.15) is 0 Å². The number of ether oxygens (including phenoxy) is 3. The molecule has 0 fully saturated rings. The van der Waals surface area contributed by atoms with Gasteiger partial charge in [0.1, 0.15) is 18.2 Å². The maximum absolute atomic E-state index is 14.1. The number of hydrogen-bond donors (Lipinski definition) is 1. The van der Waals surface area contributed by atoms with Crippen LogP contribution in [0.4, 0.5) is 14.5 Å². The summed E-state index contributed by atoms with van der Waals surface area (Å²) in [4.78, 5) is 12.4. The Labute approximate surface area is 173 Å². The van der Waals surface area contributed by atoms with Crippen molar-refractivity contribution in [1.82, 2.24) is 5.32 Å². The SMILES string of the molecule is COc1cc(CNC(=O)CN(c2ccc(F)cc2F)S(C)(=O)=O)cc(OC)c1OC. The van der Waals surface area contributed by atoms with Crippen molar-refractivity contribution in [2.24, 2.45) is 0 Å². The quantitative estimate of drug-likeness (QED) is 0.637. The summed E-state index contributed by atoms with van der Waals surface area (Å²) in [6.45, 7) is -0.676. The minimum absolute atomic E-state index is 0.0129. The number of nitrogens with one attached hydrogen (secondary N) is 1. The number of carbonyl (C=O) groups is 1. The smallest absolute Gasteiger partial charge is 0.241 e. The fourth-order valence-electron chi connectivity index (χ4n) is 2.69. The second-order valence-electron chi connectivity index (χ2n) is 6.18. The van der Waals surface area contributed by atoms with Crippen LogP contribution in [-0.2, 0) is 21.4 Å². The molecule has 30 heavy (non-hydrogen) atoms. The van der Waals surface area contributed by atoms with Crippen molar-refractivity contribution >= 4 is 21.6 Å². The monoisotopic (exact) mass is 444 g/mol. The highest BCUT2D eigenvalue weighted by Crippen LogP contribution is 2.38. The third kappa shape index (κ3) is 5.50. The van der Waals surface area contributed by atoms with E-state index < -0.39 is 39.8 Å². The van der Waals surface area contributed by atoms with E-state index in [1.54, 1.807) is 12.1 Å². The van der Waals surface area contributed by atoms with E-state index in [9.17, 15) is 22.0 Å². The van der Waals surface area contributed by atoms with E-state index in [-0.39, 0.29) is 6.54 Å². The number of nitrogens with zero attached hydrogens (tertiary/aromatic N) is 1. The van der Waals surface area contributed by atoms with Crippen molar-refractivity contribution < 1.29 is 36.2 Å². The molecule has 0 atom stereocenters. The molecule has 0 spiro atoms. The van der Waals surface area contributed by atoms with Crippen molar-refractivity contribution in [2.45, 2.75) is 6.54 Å². The molecule has 0 saturated carbocycles. The summed E-state index contributed by atoms with van der Waals surface area (Å²) in [5.74, 6) is -1.52. The molecule has 0 bridgehead atoms. The molecule has 0 saturated heterocycles. The van der Waals surface area contributed by atoms with E-state index in [2.05, 4.69) is 5.32 Å². The normalized spacial score (nSPS) is 11.0. The van der Waals surface area contributed by atoms with E-state index in [1.165, 1.54) is 21.3 Å². The van der Waals surface area contributed by atoms with Crippen LogP contribution in [-0.4, -0.2) is 48.5 Å². The van der Waals surface area contributed by atoms with Crippen LogP contribution in [0.3, 0.4) is 0 Å². The fraction of sp³-hybridized carbons (Fsp3) is 0.316. The van der Waals surface area contributed by atoms with Crippen LogP contribution in [0.5, 0.6) is 17.2 Å². The number of hydrogen-bond acceptors (Lipinski definition) is 6. The van der Waals surface area contributed by atoms with Crippen LogP contribution in [0.25, 0.3) is 0 Å². The predicted molar refractivity (Wildman–Crippen MR) is 106 cm³/mol. The molecule has 1 N–H and O–H groups in total. The van der Waals surface area contributed by atoms with E-state index in [1.807, 2.05) is 0 Å². The van der Waals surface area contributed by atoms with Crippen molar-refractivity contribution in [3.63, 3.8) is 0 Å². The summed E-state index contributed by atoms with van der Waals surface area (Å²) in [7, 11) is 0.337. The molecule has 0 heterocycles. The topological polar surface area (TPSA) is 94.2 Å². The summed E-state index contributed by atoms with van der Waals surface area (Å²) in [5, 5.41) is 2.55. The Bertz CT molecular complexity index is 1000. The van der Waals surface area contributed by atoms with Crippen LogP contribution in [0, 0.1) is 11.6 Å². The van der Waals surface area contributed by atoms with E-state index in [4.69, 9.17) is 14.2 Å². The summed E-state index contributed by atoms with van der Waals surface area (Å²) < 4.78 is 67.6. The first-order valence-corrected chi connectivity index (χ1v) is 10.4. The molecular weight excluding hydrogens is 422 g/mol. The molecular formula is C19H22F2N2O6S. The third-order valence-corrected chi connectivity index (χ3v) is 5.21. The van der Waals surface area contributed by atoms with Crippen LogP contribution in [0.1, 0.15) is 5.56 Å². The highest BCUT2D eigenvalue weighted by atomic mass is 32.2. The summed E-state index contributed by atoms with van der Waals surface area (Å²) in [6.07, 6.45) is 0.822. The summed E-state index contributed by atoms with van der Waals surface area (Å²) in [5.41, 5.74) is 0.165. The maximum atomic E-state index is 14.1. The lowest BCUT2D eigenvalue weighted by Crippen LogP contribution is -2.40. The minimum Gasteiger partial charge on any atom is -0.493 e. The van der Waals surface area contributed by atoms with E-state index >= 15 is 0 Å². The second kappa shape index (κ2) is 9.61. The molecule has 11 heteroatoms. The Balaban J connectivity index is 2.19. The van der Waals surface area contributed by atoms with Crippen LogP contribution in [0.2, 0.25) is 0 Å². The Morgan fingerprint density at radius 1 is 1.03 bits per heavy atom. The first-order valence-electron chi connectivity index (χ1n) is 8.59. The Morgan fingerprint density at radius 3 is 2.10 bits per heavy atom. The van der Waals surface area contributed by atoms with Gasteiger partial charge in [-0.3, -0.25) is 9.10 Å². The molecule has 0 aliphatic carbocycles. The largest absolute Gasteiger partial charge is 0.493 e. The number of benzene rings is 2. The third-order valence-electron chi connectivity index (χ3n) is 4.08. The molecule has 2 aromatic rings. The average molecular weight is 444 g/mol. The number of carbonyl (C=O) groups excluding carboxylic acids is 1. The zero-order chi connectivity index (χ0) is 22.5. The standard InChI is InChI=1S/C19H22F2N2O6S/c1-27-16-7-12(8-17(28-2)19(16)29-3)10-22-18(24)11-23(30(4,25)26)15-6-5-13(20)9-14(15)21/h5-9H,10-11H2,1-4H3,(H,22,24). The van der Waals surface area contributed by atoms with Crippen molar-refractivity contribution in [3.8, 4) is 17.2 Å². The Morgan fingerprint density at radius 2 is 1.63 bits per heavy atom. The van der Waals surface area contributed by atoms with Gasteiger partial charge in [0.05, 0.1) is 33.3 Å². The van der Waals surface area contributed by atoms with Gasteiger partial charge in [0.15, 0.2) is 11.5 Å². The number of anilines is 1. The zero-order valence-corrected chi connectivity index (χ0v) is 17.7. The molecule has 0 aromatic heterocycles. The maximum Gasteiger partial charge on any atom is 0.241 e. The predicted octanol–water partition coefficient (Wildman–Crippen LogP) is 2.07. The first kappa shape index (κ1) is 23.2. The van der Waals surface area contributed by atoms with Gasteiger partial charge in [-0.05, 0) is 29.8 Å². The number of methoxy groups -OCH3 is 3. The Hall–Kier alpha value is -3.08. The van der Waals surface area contributed by atoms with E-state index in [0.717, 1.165) is 18.4 Å². The molecule has 0 unspecified atom stereocenters. The van der Waals surface area contributed by atoms with E-state index in [0.29, 0.717) is 33.2 Å². The van der Waals surface area contributed by atoms with Crippen molar-refractivity contribution in [1.29, 1.82) is 0 Å². The number of rotatable bonds is 9. The molecule has 0 aliphatic rings. The minimum atomic E-state index is -4.01. The number of halogens is 2. The van der Waals surface area contributed by atoms with Gasteiger partial charge in [-0.1, -0.05) is 0 Å². The summed E-state index contributed by atoms with van der Waals surface area (Å²) in [6, 6.07) is 5.65. The van der Waals surface area contributed by atoms with Crippen LogP contribution >= 0.6 is 0 Å². The lowest BCUT2D eigenvalue weighted by Gasteiger charge is -2.22.